The molecule has 2 saturated carbocycles. The Morgan fingerprint density at radius 3 is 2.52 bits per heavy atom. The Morgan fingerprint density at radius 2 is 1.82 bits per heavy atom. The van der Waals surface area contributed by atoms with E-state index in [2.05, 4.69) is 31.4 Å². The van der Waals surface area contributed by atoms with E-state index in [4.69, 9.17) is 9.47 Å². The first-order chi connectivity index (χ1) is 15.9. The third-order valence-corrected chi connectivity index (χ3v) is 8.49. The van der Waals surface area contributed by atoms with Gasteiger partial charge in [0.05, 0.1) is 20.3 Å². The molecule has 1 aromatic carbocycles. The average molecular weight is 449 g/mol. The third-order valence-electron chi connectivity index (χ3n) is 8.49. The predicted molar refractivity (Wildman–Crippen MR) is 130 cm³/mol. The van der Waals surface area contributed by atoms with Crippen molar-refractivity contribution in [2.45, 2.75) is 70.8 Å². The number of fused-ring (bicyclic) bond motifs is 4. The van der Waals surface area contributed by atoms with E-state index in [1.807, 2.05) is 12.1 Å². The zero-order valence-corrected chi connectivity index (χ0v) is 20.3. The van der Waals surface area contributed by atoms with Gasteiger partial charge < -0.3 is 14.6 Å². The van der Waals surface area contributed by atoms with Crippen molar-refractivity contribution < 1.29 is 19.4 Å². The normalized spacial score (nSPS) is 32.4. The molecule has 4 aliphatic carbocycles. The summed E-state index contributed by atoms with van der Waals surface area (Å²) in [4.78, 5) is 12.1. The topological polar surface area (TPSA) is 55.8 Å². The van der Waals surface area contributed by atoms with Crippen molar-refractivity contribution in [2.24, 2.45) is 17.3 Å². The van der Waals surface area contributed by atoms with Crippen LogP contribution in [0.3, 0.4) is 0 Å². The Labute approximate surface area is 198 Å². The van der Waals surface area contributed by atoms with Crippen LogP contribution in [-0.2, 0) is 4.79 Å². The Morgan fingerprint density at radius 1 is 1.09 bits per heavy atom. The first-order valence-corrected chi connectivity index (χ1v) is 12.1. The molecule has 176 valence electrons. The minimum absolute atomic E-state index is 0.0573. The van der Waals surface area contributed by atoms with Crippen LogP contribution < -0.4 is 9.47 Å². The second-order valence-electron chi connectivity index (χ2n) is 10.1. The molecular formula is C29H36O4. The lowest BCUT2D eigenvalue weighted by Gasteiger charge is -2.52. The van der Waals surface area contributed by atoms with Crippen LogP contribution in [0.4, 0.5) is 0 Å². The number of ether oxygens (including phenoxy) is 2. The molecule has 1 aromatic rings. The van der Waals surface area contributed by atoms with Crippen LogP contribution in [0.2, 0.25) is 0 Å². The van der Waals surface area contributed by atoms with Crippen molar-refractivity contribution in [3.05, 3.63) is 46.6 Å². The first-order valence-electron chi connectivity index (χ1n) is 12.1. The number of ketones is 1. The van der Waals surface area contributed by atoms with E-state index in [1.54, 1.807) is 26.7 Å². The third kappa shape index (κ3) is 4.02. The molecule has 0 spiro atoms. The molecule has 1 N–H and O–H groups in total. The van der Waals surface area contributed by atoms with Crippen molar-refractivity contribution in [3.8, 4) is 23.8 Å². The van der Waals surface area contributed by atoms with E-state index in [1.165, 1.54) is 16.7 Å². The zero-order chi connectivity index (χ0) is 23.8. The number of carbonyl (C=O) groups excluding carboxylic acids is 1. The molecule has 0 aliphatic heterocycles. The Kier molecular flexibility index (Phi) is 6.73. The lowest BCUT2D eigenvalue weighted by molar-refractivity contribution is -0.114. The summed E-state index contributed by atoms with van der Waals surface area (Å²) in [5.41, 5.74) is 5.43. The number of carbonyl (C=O) groups is 1. The van der Waals surface area contributed by atoms with Gasteiger partial charge in [0.2, 0.25) is 0 Å². The van der Waals surface area contributed by atoms with Crippen LogP contribution in [0, 0.1) is 29.6 Å². The highest BCUT2D eigenvalue weighted by Crippen LogP contribution is 2.64. The molecule has 4 nitrogen and oxygen atoms in total. The molecule has 0 radical (unpaired) electrons. The Bertz CT molecular complexity index is 1030. The molecule has 4 aliphatic rings. The fourth-order valence-corrected chi connectivity index (χ4v) is 7.00. The molecule has 0 aromatic heterocycles. The monoisotopic (exact) mass is 448 g/mol. The van der Waals surface area contributed by atoms with Crippen LogP contribution in [0.15, 0.2) is 41.0 Å². The van der Waals surface area contributed by atoms with Gasteiger partial charge in [-0.25, -0.2) is 0 Å². The number of terminal acetylenes is 1. The van der Waals surface area contributed by atoms with Gasteiger partial charge in [-0.15, -0.1) is 12.3 Å². The maximum atomic E-state index is 12.1. The van der Waals surface area contributed by atoms with Gasteiger partial charge in [0.25, 0.3) is 0 Å². The largest absolute Gasteiger partial charge is 0.493 e. The van der Waals surface area contributed by atoms with Gasteiger partial charge in [-0.3, -0.25) is 4.79 Å². The van der Waals surface area contributed by atoms with Crippen molar-refractivity contribution >= 4 is 5.78 Å². The molecule has 0 amide bonds. The molecule has 0 saturated heterocycles. The van der Waals surface area contributed by atoms with Crippen LogP contribution in [0.1, 0.15) is 70.3 Å². The summed E-state index contributed by atoms with van der Waals surface area (Å²) in [7, 11) is 3.34. The van der Waals surface area contributed by atoms with Crippen molar-refractivity contribution in [3.63, 3.8) is 0 Å². The van der Waals surface area contributed by atoms with E-state index in [0.717, 1.165) is 50.0 Å². The number of methoxy groups -OCH3 is 2. The number of aliphatic hydroxyl groups is 1. The van der Waals surface area contributed by atoms with Crippen LogP contribution in [-0.4, -0.2) is 31.2 Å². The Hall–Kier alpha value is -2.51. The molecule has 33 heavy (non-hydrogen) atoms. The van der Waals surface area contributed by atoms with Gasteiger partial charge in [0.1, 0.15) is 0 Å². The van der Waals surface area contributed by atoms with Crippen molar-refractivity contribution in [1.82, 2.24) is 0 Å². The number of aliphatic hydroxyl groups excluding tert-OH is 1. The highest BCUT2D eigenvalue weighted by molar-refractivity contribution is 5.93. The van der Waals surface area contributed by atoms with Gasteiger partial charge in [0, 0.05) is 12.3 Å². The lowest BCUT2D eigenvalue weighted by Crippen LogP contribution is -2.45. The number of allylic oxidation sites excluding steroid dienone is 4. The average Bonchev–Trinajstić information content (AvgIpc) is 3.12. The van der Waals surface area contributed by atoms with E-state index < -0.39 is 0 Å². The standard InChI is InChI=1S/C26H32O4.C3H4/c1-26-14-20(16-5-10-22(29-2)23(13-16)30-3)25-18-8-6-17(27)12-15(18)4-7-19(25)21(26)9-11-24(26)28;1-3-2/h5,10,12-13,19-21,24,28H,4,6-9,11,14H2,1-3H3;1H,2H3. The summed E-state index contributed by atoms with van der Waals surface area (Å²) < 4.78 is 11.1. The molecule has 0 heterocycles. The molecule has 4 heteroatoms. The van der Waals surface area contributed by atoms with Gasteiger partial charge in [-0.05, 0) is 97.6 Å². The van der Waals surface area contributed by atoms with Crippen LogP contribution in [0.25, 0.3) is 0 Å². The van der Waals surface area contributed by atoms with Gasteiger partial charge in [-0.2, -0.15) is 0 Å². The molecule has 0 bridgehead atoms. The second kappa shape index (κ2) is 9.39. The van der Waals surface area contributed by atoms with Crippen LogP contribution in [0.5, 0.6) is 11.5 Å². The smallest absolute Gasteiger partial charge is 0.161 e. The Balaban J connectivity index is 0.000000821. The summed E-state index contributed by atoms with van der Waals surface area (Å²) in [5.74, 6) is 5.29. The fourth-order valence-electron chi connectivity index (χ4n) is 7.00. The SMILES string of the molecule is C#CC.COc1ccc(C2CC3(C)C(O)CCC3C3CCC4=CC(=O)CCC4=C23)cc1OC. The first kappa shape index (κ1) is 23.6. The summed E-state index contributed by atoms with van der Waals surface area (Å²) >= 11 is 0. The maximum Gasteiger partial charge on any atom is 0.161 e. The summed E-state index contributed by atoms with van der Waals surface area (Å²) in [6.07, 6.45) is 12.8. The molecule has 5 atom stereocenters. The van der Waals surface area contributed by atoms with Crippen LogP contribution >= 0.6 is 0 Å². The molecule has 5 unspecified atom stereocenters. The van der Waals surface area contributed by atoms with Gasteiger partial charge in [-0.1, -0.05) is 18.6 Å². The van der Waals surface area contributed by atoms with Crippen molar-refractivity contribution in [2.75, 3.05) is 14.2 Å². The van der Waals surface area contributed by atoms with Gasteiger partial charge in [0.15, 0.2) is 17.3 Å². The quantitative estimate of drug-likeness (QED) is 0.611. The van der Waals surface area contributed by atoms with Gasteiger partial charge >= 0.3 is 0 Å². The summed E-state index contributed by atoms with van der Waals surface area (Å²) in [6, 6.07) is 6.27. The van der Waals surface area contributed by atoms with E-state index in [9.17, 15) is 9.90 Å². The number of hydrogen-bond donors (Lipinski definition) is 1. The molecule has 5 rings (SSSR count). The highest BCUT2D eigenvalue weighted by Gasteiger charge is 2.56. The number of hydrogen-bond acceptors (Lipinski definition) is 4. The second-order valence-corrected chi connectivity index (χ2v) is 10.1. The van der Waals surface area contributed by atoms with E-state index in [0.29, 0.717) is 18.3 Å². The minimum Gasteiger partial charge on any atom is -0.493 e. The van der Waals surface area contributed by atoms with Crippen molar-refractivity contribution in [1.29, 1.82) is 0 Å². The van der Waals surface area contributed by atoms with E-state index >= 15 is 0 Å². The number of rotatable bonds is 3. The summed E-state index contributed by atoms with van der Waals surface area (Å²) in [6.45, 7) is 3.96. The molecule has 2 fully saturated rings. The lowest BCUT2D eigenvalue weighted by atomic mass is 9.53. The fraction of sp³-hybridized carbons (Fsp3) is 0.552. The number of benzene rings is 1. The van der Waals surface area contributed by atoms with E-state index in [-0.39, 0.29) is 23.2 Å². The highest BCUT2D eigenvalue weighted by atomic mass is 16.5. The summed E-state index contributed by atoms with van der Waals surface area (Å²) in [5, 5.41) is 11.0. The zero-order valence-electron chi connectivity index (χ0n) is 20.3. The maximum absolute atomic E-state index is 12.1. The minimum atomic E-state index is -0.235. The molecular weight excluding hydrogens is 412 g/mol. The predicted octanol–water partition coefficient (Wildman–Crippen LogP) is 5.60.